The molecule has 1 heterocycles. The smallest absolute Gasteiger partial charge is 0.325 e. The van der Waals surface area contributed by atoms with Gasteiger partial charge in [-0.05, 0) is 41.3 Å². The average molecular weight is 364 g/mol. The minimum atomic E-state index is -0.530. The van der Waals surface area contributed by atoms with Gasteiger partial charge < -0.3 is 21.5 Å². The molecule has 0 aliphatic rings. The number of carbonyl (C=O) groups is 2. The van der Waals surface area contributed by atoms with Crippen molar-refractivity contribution in [1.82, 2.24) is 4.98 Å². The van der Waals surface area contributed by atoms with E-state index in [-0.39, 0.29) is 19.0 Å². The van der Waals surface area contributed by atoms with Gasteiger partial charge in [0.25, 0.3) is 0 Å². The number of benzene rings is 2. The number of ether oxygens (including phenoxy) is 1. The topological polar surface area (TPSA) is 120 Å². The van der Waals surface area contributed by atoms with Crippen LogP contribution in [-0.4, -0.2) is 29.9 Å². The number of hydrogen-bond acceptors (Lipinski definition) is 6. The molecule has 2 aromatic carbocycles. The van der Waals surface area contributed by atoms with Crippen LogP contribution in [0.1, 0.15) is 11.5 Å². The molecule has 0 saturated heterocycles. The maximum Gasteiger partial charge on any atom is 0.325 e. The van der Waals surface area contributed by atoms with E-state index in [9.17, 15) is 9.59 Å². The molecule has 0 spiro atoms. The molecule has 1 atom stereocenters. The molecule has 5 N–H and O–H groups in total. The molecule has 138 valence electrons. The van der Waals surface area contributed by atoms with Crippen LogP contribution >= 0.6 is 0 Å². The monoisotopic (exact) mass is 364 g/mol. The Bertz CT molecular complexity index is 957. The first kappa shape index (κ1) is 18.5. The fourth-order valence-electron chi connectivity index (χ4n) is 2.73. The van der Waals surface area contributed by atoms with Crippen molar-refractivity contribution in [2.24, 2.45) is 11.5 Å². The minimum Gasteiger partial charge on any atom is -0.426 e. The summed E-state index contributed by atoms with van der Waals surface area (Å²) in [6.07, 6.45) is 3.47. The Labute approximate surface area is 156 Å². The highest BCUT2D eigenvalue weighted by molar-refractivity contribution is 5.98. The zero-order valence-electron chi connectivity index (χ0n) is 14.6. The van der Waals surface area contributed by atoms with Gasteiger partial charge in [0.15, 0.2) is 0 Å². The Hall–Kier alpha value is -3.29. The molecule has 0 bridgehead atoms. The van der Waals surface area contributed by atoms with Crippen LogP contribution in [0, 0.1) is 0 Å². The number of anilines is 1. The molecule has 3 aromatic rings. The molecule has 1 unspecified atom stereocenters. The van der Waals surface area contributed by atoms with E-state index in [0.717, 1.165) is 16.3 Å². The molecule has 0 saturated carbocycles. The highest BCUT2D eigenvalue weighted by Gasteiger charge is 2.19. The van der Waals surface area contributed by atoms with Gasteiger partial charge in [-0.3, -0.25) is 14.6 Å². The number of nitrogens with two attached hydrogens (primary N) is 2. The number of fused-ring (bicyclic) bond motifs is 1. The van der Waals surface area contributed by atoms with E-state index in [1.54, 1.807) is 36.7 Å². The standard InChI is InChI=1S/C20H20N4O3/c21-10-18(13-2-5-17(6-3-13)27-19(25)11-22)20(26)24-16-4-1-15-12-23-8-7-14(15)9-16/h1-9,12,18H,10-11,21-22H2,(H,24,26). The van der Waals surface area contributed by atoms with Crippen molar-refractivity contribution in [3.05, 3.63) is 66.5 Å². The molecule has 1 aromatic heterocycles. The van der Waals surface area contributed by atoms with E-state index in [1.807, 2.05) is 24.3 Å². The van der Waals surface area contributed by atoms with Crippen molar-refractivity contribution < 1.29 is 14.3 Å². The molecule has 0 aliphatic carbocycles. The second-order valence-electron chi connectivity index (χ2n) is 5.96. The first-order valence-electron chi connectivity index (χ1n) is 8.46. The van der Waals surface area contributed by atoms with Crippen LogP contribution in [0.2, 0.25) is 0 Å². The molecular formula is C20H20N4O3. The normalized spacial score (nSPS) is 11.8. The van der Waals surface area contributed by atoms with Crippen LogP contribution < -0.4 is 21.5 Å². The third-order valence-corrected chi connectivity index (χ3v) is 4.14. The van der Waals surface area contributed by atoms with Crippen molar-refractivity contribution in [2.75, 3.05) is 18.4 Å². The molecule has 7 heteroatoms. The summed E-state index contributed by atoms with van der Waals surface area (Å²) in [5.74, 6) is -0.897. The number of nitrogens with one attached hydrogen (secondary N) is 1. The lowest BCUT2D eigenvalue weighted by molar-refractivity contribution is -0.132. The van der Waals surface area contributed by atoms with E-state index in [0.29, 0.717) is 11.4 Å². The average Bonchev–Trinajstić information content (AvgIpc) is 2.69. The van der Waals surface area contributed by atoms with Crippen molar-refractivity contribution in [3.8, 4) is 5.75 Å². The number of esters is 1. The van der Waals surface area contributed by atoms with Crippen LogP contribution in [-0.2, 0) is 9.59 Å². The third-order valence-electron chi connectivity index (χ3n) is 4.14. The first-order chi connectivity index (χ1) is 13.1. The maximum atomic E-state index is 12.7. The second kappa shape index (κ2) is 8.39. The Kier molecular flexibility index (Phi) is 5.75. The summed E-state index contributed by atoms with van der Waals surface area (Å²) in [6, 6.07) is 14.1. The SMILES string of the molecule is NCC(=O)Oc1ccc(C(CN)C(=O)Nc2ccc3cnccc3c2)cc1. The zero-order valence-corrected chi connectivity index (χ0v) is 14.6. The largest absolute Gasteiger partial charge is 0.426 e. The van der Waals surface area contributed by atoms with E-state index in [2.05, 4.69) is 10.3 Å². The molecule has 27 heavy (non-hydrogen) atoms. The lowest BCUT2D eigenvalue weighted by Gasteiger charge is -2.16. The highest BCUT2D eigenvalue weighted by atomic mass is 16.5. The summed E-state index contributed by atoms with van der Waals surface area (Å²) >= 11 is 0. The van der Waals surface area contributed by atoms with Crippen LogP contribution in [0.15, 0.2) is 60.9 Å². The molecule has 0 radical (unpaired) electrons. The highest BCUT2D eigenvalue weighted by Crippen LogP contribution is 2.23. The number of pyridine rings is 1. The van der Waals surface area contributed by atoms with Crippen molar-refractivity contribution in [3.63, 3.8) is 0 Å². The van der Waals surface area contributed by atoms with Gasteiger partial charge in [-0.15, -0.1) is 0 Å². The minimum absolute atomic E-state index is 0.144. The van der Waals surface area contributed by atoms with E-state index in [1.165, 1.54) is 0 Å². The summed E-state index contributed by atoms with van der Waals surface area (Å²) in [7, 11) is 0. The van der Waals surface area contributed by atoms with Crippen LogP contribution in [0.4, 0.5) is 5.69 Å². The number of amides is 1. The number of carbonyl (C=O) groups excluding carboxylic acids is 2. The number of nitrogens with zero attached hydrogens (tertiary/aromatic N) is 1. The maximum absolute atomic E-state index is 12.7. The van der Waals surface area contributed by atoms with Crippen molar-refractivity contribution in [2.45, 2.75) is 5.92 Å². The van der Waals surface area contributed by atoms with Gasteiger partial charge in [-0.25, -0.2) is 0 Å². The van der Waals surface area contributed by atoms with Gasteiger partial charge in [-0.2, -0.15) is 0 Å². The van der Waals surface area contributed by atoms with Crippen LogP contribution in [0.25, 0.3) is 10.8 Å². The quantitative estimate of drug-likeness (QED) is 0.453. The van der Waals surface area contributed by atoms with Gasteiger partial charge in [0.05, 0.1) is 12.5 Å². The predicted molar refractivity (Wildman–Crippen MR) is 103 cm³/mol. The van der Waals surface area contributed by atoms with Gasteiger partial charge >= 0.3 is 5.97 Å². The van der Waals surface area contributed by atoms with Gasteiger partial charge in [0.1, 0.15) is 5.75 Å². The van der Waals surface area contributed by atoms with Crippen molar-refractivity contribution in [1.29, 1.82) is 0 Å². The molecule has 0 aliphatic heterocycles. The Morgan fingerprint density at radius 3 is 2.52 bits per heavy atom. The second-order valence-corrected chi connectivity index (χ2v) is 5.96. The molecule has 3 rings (SSSR count). The van der Waals surface area contributed by atoms with E-state index >= 15 is 0 Å². The molecule has 7 nitrogen and oxygen atoms in total. The Balaban J connectivity index is 1.73. The van der Waals surface area contributed by atoms with Crippen LogP contribution in [0.5, 0.6) is 5.75 Å². The Morgan fingerprint density at radius 2 is 1.81 bits per heavy atom. The van der Waals surface area contributed by atoms with Crippen LogP contribution in [0.3, 0.4) is 0 Å². The lowest BCUT2D eigenvalue weighted by Crippen LogP contribution is -2.27. The number of aromatic nitrogens is 1. The summed E-state index contributed by atoms with van der Waals surface area (Å²) in [4.78, 5) is 28.0. The molecule has 1 amide bonds. The Morgan fingerprint density at radius 1 is 1.04 bits per heavy atom. The van der Waals surface area contributed by atoms with Gasteiger partial charge in [0.2, 0.25) is 5.91 Å². The molecule has 0 fully saturated rings. The number of rotatable bonds is 6. The van der Waals surface area contributed by atoms with Gasteiger partial charge in [0, 0.05) is 30.0 Å². The third kappa shape index (κ3) is 4.46. The van der Waals surface area contributed by atoms with Gasteiger partial charge in [-0.1, -0.05) is 18.2 Å². The lowest BCUT2D eigenvalue weighted by atomic mass is 9.98. The molecular weight excluding hydrogens is 344 g/mol. The van der Waals surface area contributed by atoms with Crippen molar-refractivity contribution >= 4 is 28.3 Å². The fourth-order valence-corrected chi connectivity index (χ4v) is 2.73. The summed E-state index contributed by atoms with van der Waals surface area (Å²) in [5.41, 5.74) is 12.5. The summed E-state index contributed by atoms with van der Waals surface area (Å²) in [6.45, 7) is -0.0529. The summed E-state index contributed by atoms with van der Waals surface area (Å²) < 4.78 is 5.03. The zero-order chi connectivity index (χ0) is 19.2. The van der Waals surface area contributed by atoms with E-state index < -0.39 is 11.9 Å². The fraction of sp³-hybridized carbons (Fsp3) is 0.150. The predicted octanol–water partition coefficient (Wildman–Crippen LogP) is 1.78. The number of hydrogen-bond donors (Lipinski definition) is 3. The first-order valence-corrected chi connectivity index (χ1v) is 8.46. The van der Waals surface area contributed by atoms with E-state index in [4.69, 9.17) is 16.2 Å². The summed E-state index contributed by atoms with van der Waals surface area (Å²) in [5, 5.41) is 4.88.